The number of nitrogens with zero attached hydrogens (tertiary/aromatic N) is 3. The predicted molar refractivity (Wildman–Crippen MR) is 90.0 cm³/mol. The molecule has 5 heteroatoms. The van der Waals surface area contributed by atoms with Crippen LogP contribution in [-0.2, 0) is 0 Å². The van der Waals surface area contributed by atoms with E-state index in [9.17, 15) is 9.18 Å². The van der Waals surface area contributed by atoms with Gasteiger partial charge in [-0.1, -0.05) is 36.4 Å². The van der Waals surface area contributed by atoms with Gasteiger partial charge in [0.05, 0.1) is 5.71 Å². The van der Waals surface area contributed by atoms with Crippen LogP contribution < -0.4 is 0 Å². The Hall–Kier alpha value is -2.95. The maximum Gasteiger partial charge on any atom is 0.190 e. The second kappa shape index (κ2) is 5.03. The summed E-state index contributed by atoms with van der Waals surface area (Å²) in [6.07, 6.45) is 0. The maximum atomic E-state index is 13.8. The first-order valence-corrected chi connectivity index (χ1v) is 7.64. The summed E-state index contributed by atoms with van der Waals surface area (Å²) in [7, 11) is 0. The average Bonchev–Trinajstić information content (AvgIpc) is 2.58. The zero-order chi connectivity index (χ0) is 16.9. The highest BCUT2D eigenvalue weighted by Gasteiger charge is 2.36. The first-order chi connectivity index (χ1) is 11.5. The number of halogens is 1. The van der Waals surface area contributed by atoms with E-state index in [2.05, 4.69) is 15.2 Å². The van der Waals surface area contributed by atoms with E-state index in [1.165, 1.54) is 6.07 Å². The number of rotatable bonds is 1. The molecule has 0 saturated heterocycles. The Morgan fingerprint density at radius 3 is 2.50 bits per heavy atom. The zero-order valence-corrected chi connectivity index (χ0v) is 13.2. The van der Waals surface area contributed by atoms with Crippen molar-refractivity contribution in [2.45, 2.75) is 19.4 Å². The van der Waals surface area contributed by atoms with Crippen LogP contribution in [0.4, 0.5) is 4.39 Å². The number of hydrogen-bond donors (Lipinski definition) is 0. The van der Waals surface area contributed by atoms with Gasteiger partial charge in [-0.25, -0.2) is 4.39 Å². The number of carbonyl (C=O) groups is 1. The van der Waals surface area contributed by atoms with E-state index in [4.69, 9.17) is 0 Å². The Kier molecular flexibility index (Phi) is 3.06. The summed E-state index contributed by atoms with van der Waals surface area (Å²) in [5.41, 5.74) is 1.83. The Morgan fingerprint density at radius 1 is 0.958 bits per heavy atom. The molecule has 4 rings (SSSR count). The fourth-order valence-corrected chi connectivity index (χ4v) is 2.95. The number of Topliss-reactive ketones (excluding diaryl/α,β-unsaturated/α-hetero) is 1. The minimum absolute atomic E-state index is 0.0263. The Balaban J connectivity index is 1.97. The smallest absolute Gasteiger partial charge is 0.190 e. The Bertz CT molecular complexity index is 1020. The van der Waals surface area contributed by atoms with Crippen LogP contribution in [0.15, 0.2) is 53.5 Å². The lowest BCUT2D eigenvalue weighted by atomic mass is 9.85. The van der Waals surface area contributed by atoms with Gasteiger partial charge in [0.15, 0.2) is 11.6 Å². The van der Waals surface area contributed by atoms with Crippen LogP contribution in [0, 0.1) is 5.82 Å². The van der Waals surface area contributed by atoms with Crippen molar-refractivity contribution in [2.24, 2.45) is 4.99 Å². The van der Waals surface area contributed by atoms with Gasteiger partial charge in [-0.3, -0.25) is 9.79 Å². The van der Waals surface area contributed by atoms with Crippen molar-refractivity contribution in [1.82, 2.24) is 10.2 Å². The monoisotopic (exact) mass is 319 g/mol. The molecule has 0 N–H and O–H groups in total. The molecule has 0 unspecified atom stereocenters. The fraction of sp³-hybridized carbons (Fsp3) is 0.158. The van der Waals surface area contributed by atoms with Crippen molar-refractivity contribution in [3.8, 4) is 0 Å². The Labute approximate surface area is 138 Å². The molecule has 24 heavy (non-hydrogen) atoms. The molecule has 2 aromatic carbocycles. The van der Waals surface area contributed by atoms with Crippen molar-refractivity contribution < 1.29 is 9.18 Å². The second-order valence-corrected chi connectivity index (χ2v) is 6.30. The fourth-order valence-electron chi connectivity index (χ4n) is 2.95. The molecule has 2 heterocycles. The lowest BCUT2D eigenvalue weighted by Gasteiger charge is -2.27. The first-order valence-electron chi connectivity index (χ1n) is 7.64. The van der Waals surface area contributed by atoms with Crippen molar-refractivity contribution >= 4 is 22.4 Å². The number of hydrogen-bond acceptors (Lipinski definition) is 4. The molecule has 1 aliphatic rings. The zero-order valence-electron chi connectivity index (χ0n) is 13.2. The molecule has 118 valence electrons. The van der Waals surface area contributed by atoms with Crippen molar-refractivity contribution in [2.75, 3.05) is 0 Å². The molecule has 1 aliphatic heterocycles. The average molecular weight is 319 g/mol. The van der Waals surface area contributed by atoms with Gasteiger partial charge in [-0.2, -0.15) is 0 Å². The van der Waals surface area contributed by atoms with Crippen LogP contribution in [0.3, 0.4) is 0 Å². The van der Waals surface area contributed by atoms with Crippen molar-refractivity contribution in [3.63, 3.8) is 0 Å². The van der Waals surface area contributed by atoms with E-state index < -0.39 is 11.4 Å². The van der Waals surface area contributed by atoms with Gasteiger partial charge in [0.1, 0.15) is 16.7 Å². The molecular weight excluding hydrogens is 305 g/mol. The number of aromatic nitrogens is 2. The summed E-state index contributed by atoms with van der Waals surface area (Å²) in [5.74, 6) is -0.435. The highest BCUT2D eigenvalue weighted by molar-refractivity contribution is 6.23. The second-order valence-electron chi connectivity index (χ2n) is 6.30. The Morgan fingerprint density at radius 2 is 1.71 bits per heavy atom. The third-order valence-electron chi connectivity index (χ3n) is 4.18. The summed E-state index contributed by atoms with van der Waals surface area (Å²) in [6.45, 7) is 3.55. The first kappa shape index (κ1) is 14.6. The summed E-state index contributed by atoms with van der Waals surface area (Å²) in [6, 6.07) is 13.8. The van der Waals surface area contributed by atoms with Crippen LogP contribution >= 0.6 is 0 Å². The molecule has 1 aromatic heterocycles. The van der Waals surface area contributed by atoms with Crippen LogP contribution in [0.2, 0.25) is 0 Å². The van der Waals surface area contributed by atoms with Crippen LogP contribution in [0.5, 0.6) is 0 Å². The lowest BCUT2D eigenvalue weighted by Crippen LogP contribution is -2.36. The summed E-state index contributed by atoms with van der Waals surface area (Å²) >= 11 is 0. The topological polar surface area (TPSA) is 55.2 Å². The predicted octanol–water partition coefficient (Wildman–Crippen LogP) is 3.58. The number of carbonyl (C=O) groups excluding carboxylic acids is 1. The van der Waals surface area contributed by atoms with Gasteiger partial charge in [0.2, 0.25) is 0 Å². The van der Waals surface area contributed by atoms with Crippen LogP contribution in [-0.4, -0.2) is 27.2 Å². The molecule has 4 nitrogen and oxygen atoms in total. The minimum atomic E-state index is -0.873. The van der Waals surface area contributed by atoms with E-state index >= 15 is 0 Å². The van der Waals surface area contributed by atoms with Crippen molar-refractivity contribution in [3.05, 3.63) is 71.2 Å². The molecular formula is C19H14FN3O. The normalized spacial score (nSPS) is 16.0. The quantitative estimate of drug-likeness (QED) is 0.689. The summed E-state index contributed by atoms with van der Waals surface area (Å²) in [4.78, 5) is 17.2. The third kappa shape index (κ3) is 2.12. The van der Waals surface area contributed by atoms with Crippen LogP contribution in [0.25, 0.3) is 10.9 Å². The van der Waals surface area contributed by atoms with Gasteiger partial charge in [-0.05, 0) is 26.0 Å². The van der Waals surface area contributed by atoms with Gasteiger partial charge >= 0.3 is 0 Å². The molecule has 0 bridgehead atoms. The maximum absolute atomic E-state index is 13.8. The van der Waals surface area contributed by atoms with Gasteiger partial charge < -0.3 is 0 Å². The molecule has 0 saturated carbocycles. The number of aliphatic imine (C=N–C) groups is 1. The number of ketones is 1. The van der Waals surface area contributed by atoms with Crippen molar-refractivity contribution in [1.29, 1.82) is 0 Å². The molecule has 0 fully saturated rings. The number of fused-ring (bicyclic) bond motifs is 2. The van der Waals surface area contributed by atoms with E-state index in [1.807, 2.05) is 18.2 Å². The molecule has 0 amide bonds. The van der Waals surface area contributed by atoms with E-state index in [0.717, 1.165) is 5.56 Å². The standard InChI is InChI=1S/C19H14FN3O/c1-19(2)18(24)13-8-4-3-7-12(13)17(21-19)15-10-11-6-5-9-14(20)16(11)23-22-15/h3-10H,1-2H3. The SMILES string of the molecule is CC1(C)N=C(c2cc3cccc(F)c3nn2)c2ccccc2C1=O. The molecule has 3 aromatic rings. The van der Waals surface area contributed by atoms with Gasteiger partial charge in [0, 0.05) is 16.5 Å². The highest BCUT2D eigenvalue weighted by Crippen LogP contribution is 2.29. The highest BCUT2D eigenvalue weighted by atomic mass is 19.1. The van der Waals surface area contributed by atoms with E-state index in [-0.39, 0.29) is 11.3 Å². The van der Waals surface area contributed by atoms with E-state index in [0.29, 0.717) is 22.4 Å². The molecule has 0 radical (unpaired) electrons. The summed E-state index contributed by atoms with van der Waals surface area (Å²) < 4.78 is 13.8. The van der Waals surface area contributed by atoms with Gasteiger partial charge in [-0.15, -0.1) is 10.2 Å². The number of benzene rings is 2. The van der Waals surface area contributed by atoms with Gasteiger partial charge in [0.25, 0.3) is 0 Å². The van der Waals surface area contributed by atoms with Crippen LogP contribution in [0.1, 0.15) is 35.5 Å². The van der Waals surface area contributed by atoms with E-state index in [1.54, 1.807) is 38.1 Å². The molecule has 0 spiro atoms. The lowest BCUT2D eigenvalue weighted by molar-refractivity contribution is 0.0912. The molecule has 0 aliphatic carbocycles. The molecule has 0 atom stereocenters. The minimum Gasteiger partial charge on any atom is -0.291 e. The summed E-state index contributed by atoms with van der Waals surface area (Å²) in [5, 5.41) is 8.80. The largest absolute Gasteiger partial charge is 0.291 e. The third-order valence-corrected chi connectivity index (χ3v) is 4.18.